The summed E-state index contributed by atoms with van der Waals surface area (Å²) in [6.45, 7) is 3.48. The standard InChI is InChI=1S/C18H24N4O2/c1-13-5-4-6-15-17(13)19-12-22(18(15)24)11-16(23)21-9-7-14(8-10-21)20(2)3/h4-6,12,14H,7-11H2,1-3H3. The maximum absolute atomic E-state index is 12.6. The van der Waals surface area contributed by atoms with Crippen LogP contribution in [0.3, 0.4) is 0 Å². The van der Waals surface area contributed by atoms with Gasteiger partial charge >= 0.3 is 0 Å². The number of carbonyl (C=O) groups is 1. The zero-order chi connectivity index (χ0) is 17.3. The smallest absolute Gasteiger partial charge is 0.261 e. The lowest BCUT2D eigenvalue weighted by Gasteiger charge is -2.35. The highest BCUT2D eigenvalue weighted by Crippen LogP contribution is 2.15. The van der Waals surface area contributed by atoms with E-state index < -0.39 is 0 Å². The quantitative estimate of drug-likeness (QED) is 0.851. The molecule has 0 aliphatic carbocycles. The van der Waals surface area contributed by atoms with Crippen molar-refractivity contribution < 1.29 is 4.79 Å². The molecule has 6 heteroatoms. The monoisotopic (exact) mass is 328 g/mol. The van der Waals surface area contributed by atoms with Gasteiger partial charge in [-0.25, -0.2) is 4.98 Å². The second-order valence-electron chi connectivity index (χ2n) is 6.72. The Morgan fingerprint density at radius 1 is 1.29 bits per heavy atom. The summed E-state index contributed by atoms with van der Waals surface area (Å²) in [4.78, 5) is 33.5. The molecule has 1 saturated heterocycles. The van der Waals surface area contributed by atoms with E-state index in [1.54, 1.807) is 6.07 Å². The van der Waals surface area contributed by atoms with Gasteiger partial charge < -0.3 is 9.80 Å². The van der Waals surface area contributed by atoms with Gasteiger partial charge in [-0.2, -0.15) is 0 Å². The van der Waals surface area contributed by atoms with E-state index >= 15 is 0 Å². The van der Waals surface area contributed by atoms with Crippen molar-refractivity contribution in [2.45, 2.75) is 32.4 Å². The number of aromatic nitrogens is 2. The summed E-state index contributed by atoms with van der Waals surface area (Å²) in [5.74, 6) is -0.0110. The van der Waals surface area contributed by atoms with Gasteiger partial charge in [0, 0.05) is 19.1 Å². The fourth-order valence-electron chi connectivity index (χ4n) is 3.33. The minimum atomic E-state index is -0.153. The Balaban J connectivity index is 1.75. The fraction of sp³-hybridized carbons (Fsp3) is 0.500. The number of nitrogens with zero attached hydrogens (tertiary/aromatic N) is 4. The van der Waals surface area contributed by atoms with Crippen LogP contribution in [0, 0.1) is 6.92 Å². The van der Waals surface area contributed by atoms with Crippen LogP contribution in [0.5, 0.6) is 0 Å². The van der Waals surface area contributed by atoms with E-state index in [2.05, 4.69) is 24.0 Å². The zero-order valence-corrected chi connectivity index (χ0v) is 14.5. The number of aryl methyl sites for hydroxylation is 1. The number of fused-ring (bicyclic) bond motifs is 1. The SMILES string of the molecule is Cc1cccc2c(=O)n(CC(=O)N3CCC(N(C)C)CC3)cnc12. The number of amides is 1. The summed E-state index contributed by atoms with van der Waals surface area (Å²) in [7, 11) is 4.15. The third kappa shape index (κ3) is 3.19. The molecule has 0 spiro atoms. The molecule has 3 rings (SSSR count). The molecule has 2 heterocycles. The second-order valence-corrected chi connectivity index (χ2v) is 6.72. The fourth-order valence-corrected chi connectivity index (χ4v) is 3.33. The Bertz CT molecular complexity index is 804. The second kappa shape index (κ2) is 6.73. The van der Waals surface area contributed by atoms with Crippen molar-refractivity contribution in [3.63, 3.8) is 0 Å². The Morgan fingerprint density at radius 2 is 2.00 bits per heavy atom. The number of hydrogen-bond donors (Lipinski definition) is 0. The molecule has 24 heavy (non-hydrogen) atoms. The molecule has 1 aliphatic rings. The van der Waals surface area contributed by atoms with Crippen molar-refractivity contribution >= 4 is 16.8 Å². The molecular weight excluding hydrogens is 304 g/mol. The number of piperidine rings is 1. The van der Waals surface area contributed by atoms with Crippen LogP contribution in [0.25, 0.3) is 10.9 Å². The Labute approximate surface area is 141 Å². The van der Waals surface area contributed by atoms with Crippen molar-refractivity contribution in [1.29, 1.82) is 0 Å². The first-order chi connectivity index (χ1) is 11.5. The van der Waals surface area contributed by atoms with Crippen LogP contribution in [-0.4, -0.2) is 58.5 Å². The molecule has 0 saturated carbocycles. The summed E-state index contributed by atoms with van der Waals surface area (Å²) in [6, 6.07) is 6.07. The van der Waals surface area contributed by atoms with Crippen LogP contribution in [0.4, 0.5) is 0 Å². The Kier molecular flexibility index (Phi) is 4.66. The van der Waals surface area contributed by atoms with Crippen LogP contribution in [0.15, 0.2) is 29.3 Å². The first kappa shape index (κ1) is 16.6. The molecule has 1 aromatic carbocycles. The maximum Gasteiger partial charge on any atom is 0.261 e. The first-order valence-electron chi connectivity index (χ1n) is 8.36. The van der Waals surface area contributed by atoms with Gasteiger partial charge in [-0.1, -0.05) is 12.1 Å². The minimum absolute atomic E-state index is 0.0110. The molecule has 1 aliphatic heterocycles. The van der Waals surface area contributed by atoms with Crippen LogP contribution < -0.4 is 5.56 Å². The Morgan fingerprint density at radius 3 is 2.67 bits per heavy atom. The molecule has 2 aromatic rings. The lowest BCUT2D eigenvalue weighted by molar-refractivity contribution is -0.133. The molecule has 0 N–H and O–H groups in total. The summed E-state index contributed by atoms with van der Waals surface area (Å²) in [5, 5.41) is 0.566. The van der Waals surface area contributed by atoms with Crippen molar-refractivity contribution in [3.8, 4) is 0 Å². The van der Waals surface area contributed by atoms with Crippen molar-refractivity contribution in [3.05, 3.63) is 40.4 Å². The van der Waals surface area contributed by atoms with E-state index in [0.29, 0.717) is 16.9 Å². The van der Waals surface area contributed by atoms with Crippen LogP contribution in [0.2, 0.25) is 0 Å². The molecule has 6 nitrogen and oxygen atoms in total. The Hall–Kier alpha value is -2.21. The van der Waals surface area contributed by atoms with Gasteiger partial charge in [-0.15, -0.1) is 0 Å². The van der Waals surface area contributed by atoms with Gasteiger partial charge in [-0.3, -0.25) is 14.2 Å². The average Bonchev–Trinajstić information content (AvgIpc) is 2.58. The number of hydrogen-bond acceptors (Lipinski definition) is 4. The molecule has 1 amide bonds. The topological polar surface area (TPSA) is 58.4 Å². The summed E-state index contributed by atoms with van der Waals surface area (Å²) in [6.07, 6.45) is 3.44. The predicted octanol–water partition coefficient (Wildman–Crippen LogP) is 1.26. The molecule has 1 aromatic heterocycles. The van der Waals surface area contributed by atoms with Gasteiger partial charge in [-0.05, 0) is 45.5 Å². The summed E-state index contributed by atoms with van der Waals surface area (Å²) < 4.78 is 1.42. The van der Waals surface area contributed by atoms with Gasteiger partial charge in [0.05, 0.1) is 17.2 Å². The third-order valence-electron chi connectivity index (χ3n) is 4.91. The van der Waals surface area contributed by atoms with Crippen molar-refractivity contribution in [2.24, 2.45) is 0 Å². The average molecular weight is 328 g/mol. The first-order valence-corrected chi connectivity index (χ1v) is 8.36. The predicted molar refractivity (Wildman–Crippen MR) is 94.0 cm³/mol. The van der Waals surface area contributed by atoms with E-state index in [9.17, 15) is 9.59 Å². The lowest BCUT2D eigenvalue weighted by atomic mass is 10.0. The van der Waals surface area contributed by atoms with E-state index in [0.717, 1.165) is 31.5 Å². The van der Waals surface area contributed by atoms with Gasteiger partial charge in [0.15, 0.2) is 0 Å². The molecule has 1 fully saturated rings. The van der Waals surface area contributed by atoms with Crippen LogP contribution in [-0.2, 0) is 11.3 Å². The highest BCUT2D eigenvalue weighted by atomic mass is 16.2. The van der Waals surface area contributed by atoms with Crippen LogP contribution >= 0.6 is 0 Å². The number of carbonyl (C=O) groups excluding carboxylic acids is 1. The normalized spacial score (nSPS) is 16.1. The molecule has 0 bridgehead atoms. The zero-order valence-electron chi connectivity index (χ0n) is 14.5. The summed E-state index contributed by atoms with van der Waals surface area (Å²) in [5.41, 5.74) is 1.52. The molecule has 0 radical (unpaired) electrons. The van der Waals surface area contributed by atoms with E-state index in [4.69, 9.17) is 0 Å². The highest BCUT2D eigenvalue weighted by Gasteiger charge is 2.24. The van der Waals surface area contributed by atoms with Crippen molar-refractivity contribution in [2.75, 3.05) is 27.2 Å². The highest BCUT2D eigenvalue weighted by molar-refractivity contribution is 5.81. The molecular formula is C18H24N4O2. The van der Waals surface area contributed by atoms with Crippen molar-refractivity contribution in [1.82, 2.24) is 19.4 Å². The number of benzene rings is 1. The lowest BCUT2D eigenvalue weighted by Crippen LogP contribution is -2.46. The minimum Gasteiger partial charge on any atom is -0.341 e. The van der Waals surface area contributed by atoms with E-state index in [1.807, 2.05) is 24.0 Å². The largest absolute Gasteiger partial charge is 0.341 e. The number of rotatable bonds is 3. The number of likely N-dealkylation sites (tertiary alicyclic amines) is 1. The van der Waals surface area contributed by atoms with Gasteiger partial charge in [0.2, 0.25) is 5.91 Å². The van der Waals surface area contributed by atoms with E-state index in [1.165, 1.54) is 10.9 Å². The molecule has 128 valence electrons. The van der Waals surface area contributed by atoms with Crippen LogP contribution in [0.1, 0.15) is 18.4 Å². The third-order valence-corrected chi connectivity index (χ3v) is 4.91. The van der Waals surface area contributed by atoms with Gasteiger partial charge in [0.1, 0.15) is 6.54 Å². The molecule has 0 unspecified atom stereocenters. The number of para-hydroxylation sites is 1. The van der Waals surface area contributed by atoms with E-state index in [-0.39, 0.29) is 18.0 Å². The van der Waals surface area contributed by atoms with Gasteiger partial charge in [0.25, 0.3) is 5.56 Å². The molecule has 0 atom stereocenters. The summed E-state index contributed by atoms with van der Waals surface area (Å²) >= 11 is 0. The maximum atomic E-state index is 12.6.